The lowest BCUT2D eigenvalue weighted by molar-refractivity contribution is -0.134. The zero-order chi connectivity index (χ0) is 17.8. The molecular weight excluding hydrogens is 322 g/mol. The van der Waals surface area contributed by atoms with E-state index in [0.717, 1.165) is 37.3 Å². The topological polar surface area (TPSA) is 86.3 Å². The van der Waals surface area contributed by atoms with Crippen LogP contribution in [0.25, 0.3) is 0 Å². The van der Waals surface area contributed by atoms with Crippen molar-refractivity contribution >= 4 is 5.91 Å². The van der Waals surface area contributed by atoms with Crippen LogP contribution < -0.4 is 0 Å². The molecule has 0 aliphatic carbocycles. The lowest BCUT2D eigenvalue weighted by atomic mass is 10.1. The van der Waals surface area contributed by atoms with Gasteiger partial charge in [0.05, 0.1) is 11.8 Å². The first-order chi connectivity index (χ1) is 12.0. The van der Waals surface area contributed by atoms with Gasteiger partial charge in [0, 0.05) is 31.7 Å². The van der Waals surface area contributed by atoms with Crippen molar-refractivity contribution in [3.63, 3.8) is 0 Å². The molecule has 1 amide bonds. The molecule has 1 fully saturated rings. The number of carbonyl (C=O) groups excluding carboxylic acids is 1. The van der Waals surface area contributed by atoms with Crippen molar-refractivity contribution in [3.05, 3.63) is 29.2 Å². The average molecular weight is 347 g/mol. The van der Waals surface area contributed by atoms with E-state index in [9.17, 15) is 4.79 Å². The molecule has 0 radical (unpaired) electrons. The summed E-state index contributed by atoms with van der Waals surface area (Å²) in [6, 6.07) is 2.03. The first kappa shape index (κ1) is 17.6. The van der Waals surface area contributed by atoms with E-state index in [1.54, 1.807) is 6.92 Å². The molecule has 0 bridgehead atoms. The van der Waals surface area contributed by atoms with Crippen LogP contribution in [-0.2, 0) is 22.7 Å². The molecule has 0 aromatic carbocycles. The molecule has 1 saturated heterocycles. The second-order valence-electron chi connectivity index (χ2n) is 6.53. The quantitative estimate of drug-likeness (QED) is 0.792. The largest absolute Gasteiger partial charge is 0.368 e. The predicted octanol–water partition coefficient (Wildman–Crippen LogP) is 1.79. The third kappa shape index (κ3) is 4.66. The number of carbonyl (C=O) groups is 1. The first-order valence-electron chi connectivity index (χ1n) is 8.71. The molecule has 3 heterocycles. The number of hydrogen-bond acceptors (Lipinski definition) is 6. The Morgan fingerprint density at radius 1 is 1.32 bits per heavy atom. The number of rotatable bonds is 6. The summed E-state index contributed by atoms with van der Waals surface area (Å²) in [6.07, 6.45) is 2.28. The summed E-state index contributed by atoms with van der Waals surface area (Å²) in [5.74, 6) is 1.29. The molecule has 3 rings (SSSR count). The number of nitrogens with zero attached hydrogens (tertiary/aromatic N) is 5. The van der Waals surface area contributed by atoms with Crippen molar-refractivity contribution in [2.24, 2.45) is 0 Å². The fourth-order valence-electron chi connectivity index (χ4n) is 3.12. The highest BCUT2D eigenvalue weighted by molar-refractivity contribution is 5.76. The van der Waals surface area contributed by atoms with Crippen LogP contribution >= 0.6 is 0 Å². The van der Waals surface area contributed by atoms with E-state index in [0.29, 0.717) is 31.3 Å². The molecular formula is C17H25N5O3. The lowest BCUT2D eigenvalue weighted by Gasteiger charge is -2.31. The Morgan fingerprint density at radius 2 is 2.08 bits per heavy atom. The van der Waals surface area contributed by atoms with E-state index in [1.165, 1.54) is 0 Å². The molecule has 0 unspecified atom stereocenters. The molecule has 2 aromatic heterocycles. The molecule has 8 heteroatoms. The van der Waals surface area contributed by atoms with Crippen molar-refractivity contribution in [1.29, 1.82) is 0 Å². The maximum atomic E-state index is 12.4. The Kier molecular flexibility index (Phi) is 5.47. The van der Waals surface area contributed by atoms with Gasteiger partial charge in [0.1, 0.15) is 6.61 Å². The second-order valence-corrected chi connectivity index (χ2v) is 6.53. The first-order valence-corrected chi connectivity index (χ1v) is 8.71. The van der Waals surface area contributed by atoms with Gasteiger partial charge in [-0.25, -0.2) is 0 Å². The summed E-state index contributed by atoms with van der Waals surface area (Å²) in [5.41, 5.74) is 2.08. The van der Waals surface area contributed by atoms with E-state index in [2.05, 4.69) is 15.2 Å². The Bertz CT molecular complexity index is 716. The molecule has 1 aliphatic rings. The standard InChI is InChI=1S/C17H25N5O3/c1-12-10-13(2)22(19-12)9-6-17(23)21-7-4-15(5-8-21)24-11-16-18-14(3)20-25-16/h10,15H,4-9,11H2,1-3H3. The third-order valence-corrected chi connectivity index (χ3v) is 4.45. The van der Waals surface area contributed by atoms with E-state index in [4.69, 9.17) is 9.26 Å². The molecule has 0 spiro atoms. The van der Waals surface area contributed by atoms with Gasteiger partial charge in [-0.15, -0.1) is 0 Å². The van der Waals surface area contributed by atoms with Crippen molar-refractivity contribution < 1.29 is 14.1 Å². The Labute approximate surface area is 147 Å². The maximum Gasteiger partial charge on any atom is 0.252 e. The second kappa shape index (κ2) is 7.77. The van der Waals surface area contributed by atoms with Crippen LogP contribution in [0.2, 0.25) is 0 Å². The van der Waals surface area contributed by atoms with Gasteiger partial charge in [0.15, 0.2) is 5.82 Å². The molecule has 1 aliphatic heterocycles. The number of likely N-dealkylation sites (tertiary alicyclic amines) is 1. The van der Waals surface area contributed by atoms with Gasteiger partial charge < -0.3 is 14.2 Å². The molecule has 25 heavy (non-hydrogen) atoms. The highest BCUT2D eigenvalue weighted by atomic mass is 16.5. The van der Waals surface area contributed by atoms with Gasteiger partial charge in [-0.1, -0.05) is 5.16 Å². The monoisotopic (exact) mass is 347 g/mol. The van der Waals surface area contributed by atoms with Gasteiger partial charge in [0.2, 0.25) is 5.91 Å². The number of aromatic nitrogens is 4. The zero-order valence-electron chi connectivity index (χ0n) is 15.1. The average Bonchev–Trinajstić information content (AvgIpc) is 3.15. The maximum absolute atomic E-state index is 12.4. The van der Waals surface area contributed by atoms with Crippen molar-refractivity contribution in [2.45, 2.75) is 59.3 Å². The molecule has 8 nitrogen and oxygen atoms in total. The normalized spacial score (nSPS) is 15.7. The van der Waals surface area contributed by atoms with Gasteiger partial charge in [-0.05, 0) is 39.7 Å². The Balaban J connectivity index is 1.39. The highest BCUT2D eigenvalue weighted by Gasteiger charge is 2.23. The van der Waals surface area contributed by atoms with Crippen LogP contribution in [0.5, 0.6) is 0 Å². The van der Waals surface area contributed by atoms with Crippen molar-refractivity contribution in [2.75, 3.05) is 13.1 Å². The van der Waals surface area contributed by atoms with E-state index in [1.807, 2.05) is 29.5 Å². The van der Waals surface area contributed by atoms with Gasteiger partial charge in [0.25, 0.3) is 5.89 Å². The molecule has 0 atom stereocenters. The summed E-state index contributed by atoms with van der Waals surface area (Å²) in [7, 11) is 0. The van der Waals surface area contributed by atoms with Crippen LogP contribution in [0.3, 0.4) is 0 Å². The number of piperidine rings is 1. The van der Waals surface area contributed by atoms with Crippen molar-refractivity contribution in [3.8, 4) is 0 Å². The van der Waals surface area contributed by atoms with Crippen LogP contribution in [0, 0.1) is 20.8 Å². The van der Waals surface area contributed by atoms with Gasteiger partial charge in [-0.3, -0.25) is 9.48 Å². The van der Waals surface area contributed by atoms with E-state index in [-0.39, 0.29) is 12.0 Å². The summed E-state index contributed by atoms with van der Waals surface area (Å²) in [6.45, 7) is 8.17. The lowest BCUT2D eigenvalue weighted by Crippen LogP contribution is -2.41. The van der Waals surface area contributed by atoms with Gasteiger partial charge in [-0.2, -0.15) is 10.1 Å². The van der Waals surface area contributed by atoms with E-state index >= 15 is 0 Å². The number of aryl methyl sites for hydroxylation is 4. The number of ether oxygens (including phenoxy) is 1. The summed E-state index contributed by atoms with van der Waals surface area (Å²) < 4.78 is 12.7. The predicted molar refractivity (Wildman–Crippen MR) is 89.7 cm³/mol. The highest BCUT2D eigenvalue weighted by Crippen LogP contribution is 2.16. The molecule has 0 N–H and O–H groups in total. The van der Waals surface area contributed by atoms with Gasteiger partial charge >= 0.3 is 0 Å². The third-order valence-electron chi connectivity index (χ3n) is 4.45. The minimum atomic E-state index is 0.132. The van der Waals surface area contributed by atoms with Crippen molar-refractivity contribution in [1.82, 2.24) is 24.8 Å². The van der Waals surface area contributed by atoms with Crippen LogP contribution in [0.15, 0.2) is 10.6 Å². The fourth-order valence-corrected chi connectivity index (χ4v) is 3.12. The molecule has 136 valence electrons. The zero-order valence-corrected chi connectivity index (χ0v) is 15.1. The summed E-state index contributed by atoms with van der Waals surface area (Å²) >= 11 is 0. The molecule has 2 aromatic rings. The summed E-state index contributed by atoms with van der Waals surface area (Å²) in [5, 5.41) is 8.14. The van der Waals surface area contributed by atoms with E-state index < -0.39 is 0 Å². The number of amides is 1. The smallest absolute Gasteiger partial charge is 0.252 e. The Morgan fingerprint density at radius 3 is 2.68 bits per heavy atom. The minimum absolute atomic E-state index is 0.132. The SMILES string of the molecule is Cc1cc(C)n(CCC(=O)N2CCC(OCc3nc(C)no3)CC2)n1. The number of hydrogen-bond donors (Lipinski definition) is 0. The molecule has 0 saturated carbocycles. The fraction of sp³-hybridized carbons (Fsp3) is 0.647. The summed E-state index contributed by atoms with van der Waals surface area (Å²) in [4.78, 5) is 18.4. The Hall–Kier alpha value is -2.22. The van der Waals surface area contributed by atoms with Crippen LogP contribution in [-0.4, -0.2) is 49.9 Å². The minimum Gasteiger partial charge on any atom is -0.368 e. The van der Waals surface area contributed by atoms with Crippen LogP contribution in [0.1, 0.15) is 42.4 Å². The van der Waals surface area contributed by atoms with Crippen LogP contribution in [0.4, 0.5) is 0 Å².